The normalized spacial score (nSPS) is 20.9. The van der Waals surface area contributed by atoms with Crippen LogP contribution in [0.4, 0.5) is 5.82 Å². The summed E-state index contributed by atoms with van der Waals surface area (Å²) in [5, 5.41) is 2.89. The molecule has 4 heterocycles. The van der Waals surface area contributed by atoms with Crippen molar-refractivity contribution in [2.24, 2.45) is 0 Å². The van der Waals surface area contributed by atoms with Gasteiger partial charge in [-0.2, -0.15) is 0 Å². The first kappa shape index (κ1) is 63.5. The van der Waals surface area contributed by atoms with E-state index in [0.717, 1.165) is 37.5 Å². The number of methoxy groups -OCH3 is 2. The lowest BCUT2D eigenvalue weighted by Crippen LogP contribution is -2.63. The second kappa shape index (κ2) is 29.6. The molecule has 8 rings (SSSR count). The number of ether oxygens (including phenoxy) is 10. The number of nitrogens with one attached hydrogen (secondary N) is 1. The molecule has 0 spiro atoms. The fourth-order valence-electron chi connectivity index (χ4n) is 10.3. The molecular formula is C61H73N6O17P. The Balaban J connectivity index is 1.11. The highest BCUT2D eigenvalue weighted by Crippen LogP contribution is 2.51. The zero-order valence-electron chi connectivity index (χ0n) is 49.2. The van der Waals surface area contributed by atoms with Gasteiger partial charge in [-0.1, -0.05) is 72.8 Å². The van der Waals surface area contributed by atoms with Crippen LogP contribution in [-0.2, 0) is 71.7 Å². The second-order valence-corrected chi connectivity index (χ2v) is 22.0. The lowest BCUT2D eigenvalue weighted by molar-refractivity contribution is -0.308. The van der Waals surface area contributed by atoms with E-state index >= 15 is 0 Å². The number of carbonyl (C=O) groups excluding carboxylic acids is 5. The molecule has 0 saturated carbocycles. The molecule has 9 atom stereocenters. The molecule has 85 heavy (non-hydrogen) atoms. The minimum absolute atomic E-state index is 0.0233. The molecule has 454 valence electrons. The maximum absolute atomic E-state index is 13.4. The third-order valence-electron chi connectivity index (χ3n) is 13.9. The number of fused-ring (bicyclic) bond motifs is 1. The van der Waals surface area contributed by atoms with E-state index in [9.17, 15) is 24.0 Å². The second-order valence-electron chi connectivity index (χ2n) is 20.6. The van der Waals surface area contributed by atoms with Crippen LogP contribution in [0.3, 0.4) is 0 Å². The first-order valence-corrected chi connectivity index (χ1v) is 29.0. The minimum Gasteiger partial charge on any atom is -0.497 e. The van der Waals surface area contributed by atoms with Crippen LogP contribution < -0.4 is 14.8 Å². The van der Waals surface area contributed by atoms with Gasteiger partial charge in [-0.3, -0.25) is 28.5 Å². The van der Waals surface area contributed by atoms with Gasteiger partial charge in [0.05, 0.1) is 46.5 Å². The summed E-state index contributed by atoms with van der Waals surface area (Å²) in [6.45, 7) is 12.4. The fourth-order valence-corrected chi connectivity index (χ4v) is 12.1. The van der Waals surface area contributed by atoms with E-state index in [4.69, 9.17) is 61.4 Å². The SMILES string of the molecule is COc1ccc(C(OC[C@H]2O[C@@H](n3cnc4c(NC(=O)c5ccccc5)ncnc43)C[C@@H]2OP(OCCCO[C@@H]2O[C@H](COC(C)=O)[C@@H](OC(C)=O)[C@H](OC(C)=O)[C@H]2OC(C)=O)N(C(C)C)C(C)C)(c2ccccc2)c2ccc(OC)cc2)cc1. The number of esters is 4. The van der Waals surface area contributed by atoms with E-state index in [2.05, 4.69) is 20.0 Å². The van der Waals surface area contributed by atoms with Gasteiger partial charge in [0.1, 0.15) is 48.5 Å². The van der Waals surface area contributed by atoms with Crippen molar-refractivity contribution in [3.63, 3.8) is 0 Å². The van der Waals surface area contributed by atoms with Gasteiger partial charge in [0, 0.05) is 51.8 Å². The third-order valence-corrected chi connectivity index (χ3v) is 16.1. The number of hydrogen-bond acceptors (Lipinski definition) is 21. The summed E-state index contributed by atoms with van der Waals surface area (Å²) >= 11 is 0. The van der Waals surface area contributed by atoms with Crippen molar-refractivity contribution < 1.29 is 80.4 Å². The molecular weight excluding hydrogens is 1120 g/mol. The van der Waals surface area contributed by atoms with E-state index in [-0.39, 0.29) is 56.5 Å². The van der Waals surface area contributed by atoms with Crippen LogP contribution >= 0.6 is 8.53 Å². The van der Waals surface area contributed by atoms with Crippen molar-refractivity contribution in [2.45, 2.75) is 135 Å². The molecule has 4 aromatic carbocycles. The van der Waals surface area contributed by atoms with Gasteiger partial charge >= 0.3 is 23.9 Å². The zero-order chi connectivity index (χ0) is 60.8. The average Bonchev–Trinajstić information content (AvgIpc) is 2.12. The molecule has 1 unspecified atom stereocenters. The first-order valence-electron chi connectivity index (χ1n) is 27.9. The van der Waals surface area contributed by atoms with Gasteiger partial charge in [0.25, 0.3) is 14.4 Å². The van der Waals surface area contributed by atoms with Crippen molar-refractivity contribution >= 4 is 55.3 Å². The predicted octanol–water partition coefficient (Wildman–Crippen LogP) is 8.63. The lowest BCUT2D eigenvalue weighted by atomic mass is 9.80. The molecule has 24 heteroatoms. The summed E-state index contributed by atoms with van der Waals surface area (Å²) in [7, 11) is 1.32. The first-order chi connectivity index (χ1) is 40.9. The van der Waals surface area contributed by atoms with E-state index in [1.165, 1.54) is 13.3 Å². The molecule has 2 aliphatic heterocycles. The topological polar surface area (TPSA) is 255 Å². The molecule has 2 saturated heterocycles. The monoisotopic (exact) mass is 1190 g/mol. The number of benzene rings is 4. The molecule has 23 nitrogen and oxygen atoms in total. The summed E-state index contributed by atoms with van der Waals surface area (Å²) in [6.07, 6.45) is -5.47. The van der Waals surface area contributed by atoms with E-state index < -0.39 is 93.8 Å². The zero-order valence-corrected chi connectivity index (χ0v) is 50.1. The Morgan fingerprint density at radius 1 is 0.671 bits per heavy atom. The number of rotatable bonds is 27. The molecule has 2 aliphatic rings. The number of hydrogen-bond donors (Lipinski definition) is 1. The molecule has 1 N–H and O–H groups in total. The Bertz CT molecular complexity index is 3120. The van der Waals surface area contributed by atoms with Crippen molar-refractivity contribution in [1.82, 2.24) is 24.2 Å². The summed E-state index contributed by atoms with van der Waals surface area (Å²) in [6, 6.07) is 34.0. The van der Waals surface area contributed by atoms with Crippen molar-refractivity contribution in [3.8, 4) is 11.5 Å². The highest BCUT2D eigenvalue weighted by atomic mass is 31.2. The molecule has 2 aromatic heterocycles. The van der Waals surface area contributed by atoms with Gasteiger partial charge in [-0.05, 0) is 87.2 Å². The Kier molecular flexibility index (Phi) is 22.1. The molecule has 1 amide bonds. The van der Waals surface area contributed by atoms with Crippen LogP contribution in [0.15, 0.2) is 122 Å². The predicted molar refractivity (Wildman–Crippen MR) is 309 cm³/mol. The number of carbonyl (C=O) groups is 5. The molecule has 0 radical (unpaired) electrons. The third kappa shape index (κ3) is 15.7. The van der Waals surface area contributed by atoms with Crippen molar-refractivity contribution in [3.05, 3.63) is 144 Å². The summed E-state index contributed by atoms with van der Waals surface area (Å²) in [5.74, 6) is -1.75. The van der Waals surface area contributed by atoms with Gasteiger partial charge in [-0.15, -0.1) is 0 Å². The van der Waals surface area contributed by atoms with Crippen molar-refractivity contribution in [2.75, 3.05) is 46.0 Å². The maximum Gasteiger partial charge on any atom is 0.303 e. The molecule has 0 bridgehead atoms. The smallest absolute Gasteiger partial charge is 0.303 e. The van der Waals surface area contributed by atoms with Gasteiger partial charge in [0.2, 0.25) is 0 Å². The van der Waals surface area contributed by atoms with Crippen LogP contribution in [0.1, 0.15) is 102 Å². The largest absolute Gasteiger partial charge is 0.497 e. The van der Waals surface area contributed by atoms with E-state index in [0.29, 0.717) is 28.2 Å². The Morgan fingerprint density at radius 2 is 1.25 bits per heavy atom. The number of nitrogens with zero attached hydrogens (tertiary/aromatic N) is 5. The van der Waals surface area contributed by atoms with E-state index in [1.807, 2.05) is 113 Å². The van der Waals surface area contributed by atoms with Crippen LogP contribution in [0.5, 0.6) is 11.5 Å². The fraction of sp³-hybridized carbons (Fsp3) is 0.443. The Hall–Kier alpha value is -7.47. The van der Waals surface area contributed by atoms with Crippen LogP contribution in [0.2, 0.25) is 0 Å². The van der Waals surface area contributed by atoms with Gasteiger partial charge in [0.15, 0.2) is 41.6 Å². The average molecular weight is 1190 g/mol. The van der Waals surface area contributed by atoms with Crippen LogP contribution in [-0.4, -0.2) is 150 Å². The van der Waals surface area contributed by atoms with Crippen LogP contribution in [0.25, 0.3) is 11.2 Å². The van der Waals surface area contributed by atoms with Gasteiger partial charge < -0.3 is 61.7 Å². The Morgan fingerprint density at radius 3 is 1.82 bits per heavy atom. The molecule has 2 fully saturated rings. The molecule has 6 aromatic rings. The quantitative estimate of drug-likeness (QED) is 0.0166. The van der Waals surface area contributed by atoms with Crippen LogP contribution in [0, 0.1) is 0 Å². The highest BCUT2D eigenvalue weighted by molar-refractivity contribution is 7.44. The number of amides is 1. The number of aromatic nitrogens is 4. The summed E-state index contributed by atoms with van der Waals surface area (Å²) in [5.41, 5.74) is 2.41. The lowest BCUT2D eigenvalue weighted by Gasteiger charge is -2.44. The van der Waals surface area contributed by atoms with E-state index in [1.54, 1.807) is 49.4 Å². The maximum atomic E-state index is 13.4. The standard InChI is InChI=1S/C61H73N6O17P/c1-37(2)67(38(3)4)85(78-31-17-30-75-60-56(81-42(8)71)55(80-41(7)70)54(79-40(6)69)51(83-60)33-76-39(5)68)84-49-32-52(66-36-64-53-57(62-35-63-58(53)66)65-59(72)43-18-13-11-14-19-43)82-50(49)34-77-61(44-20-15-12-16-21-44,45-22-26-47(73-9)27-23-45)46-24-28-48(74-10)29-25-46/h11-16,18-29,35-38,49-52,54-56,60H,17,30-34H2,1-10H3,(H,62,63,65,72)/t49-,50+,51+,52+,54+,55-,56+,60+,85?/m0/s1. The Labute approximate surface area is 494 Å². The summed E-state index contributed by atoms with van der Waals surface area (Å²) in [4.78, 5) is 76.4. The van der Waals surface area contributed by atoms with Crippen molar-refractivity contribution in [1.29, 1.82) is 0 Å². The number of imidazole rings is 1. The molecule has 0 aliphatic carbocycles. The highest BCUT2D eigenvalue weighted by Gasteiger charge is 2.53. The minimum atomic E-state index is -1.91. The summed E-state index contributed by atoms with van der Waals surface area (Å²) < 4.78 is 78.2. The number of anilines is 1. The van der Waals surface area contributed by atoms with Gasteiger partial charge in [-0.25, -0.2) is 19.6 Å².